The largest absolute Gasteiger partial charge is 0.368 e. The molecule has 8 heteroatoms. The van der Waals surface area contributed by atoms with Gasteiger partial charge in [0.1, 0.15) is 5.82 Å². The minimum absolute atomic E-state index is 0.283. The molecule has 1 aliphatic rings. The van der Waals surface area contributed by atoms with Gasteiger partial charge in [0.05, 0.1) is 10.7 Å². The molecule has 0 unspecified atom stereocenters. The van der Waals surface area contributed by atoms with Crippen molar-refractivity contribution in [2.75, 3.05) is 11.1 Å². The summed E-state index contributed by atoms with van der Waals surface area (Å²) in [5, 5.41) is 7.86. The van der Waals surface area contributed by atoms with E-state index in [0.29, 0.717) is 12.5 Å². The summed E-state index contributed by atoms with van der Waals surface area (Å²) in [4.78, 5) is 12.9. The van der Waals surface area contributed by atoms with Crippen LogP contribution in [0.4, 0.5) is 11.8 Å². The van der Waals surface area contributed by atoms with E-state index in [1.165, 1.54) is 32.1 Å². The smallest absolute Gasteiger partial charge is 0.219 e. The van der Waals surface area contributed by atoms with Crippen LogP contribution in [-0.4, -0.2) is 24.6 Å². The van der Waals surface area contributed by atoms with E-state index in [9.17, 15) is 0 Å². The van der Waals surface area contributed by atoms with Gasteiger partial charge in [0.25, 0.3) is 0 Å². The highest BCUT2D eigenvalue weighted by Crippen LogP contribution is 2.33. The highest BCUT2D eigenvalue weighted by molar-refractivity contribution is 9.10. The molecule has 3 aromatic rings. The molecule has 0 radical (unpaired) electrons. The molecule has 0 atom stereocenters. The first-order valence-corrected chi connectivity index (χ1v) is 9.34. The summed E-state index contributed by atoms with van der Waals surface area (Å²) in [5.74, 6) is 1.74. The zero-order valence-corrected chi connectivity index (χ0v) is 15.4. The summed E-state index contributed by atoms with van der Waals surface area (Å²) in [6.45, 7) is 0.598. The molecule has 3 aromatic heterocycles. The molecule has 4 rings (SSSR count). The summed E-state index contributed by atoms with van der Waals surface area (Å²) < 4.78 is 2.73. The van der Waals surface area contributed by atoms with Crippen LogP contribution in [0.5, 0.6) is 0 Å². The normalized spacial score (nSPS) is 15.6. The van der Waals surface area contributed by atoms with Crippen molar-refractivity contribution >= 4 is 33.3 Å². The highest BCUT2D eigenvalue weighted by atomic mass is 79.9. The zero-order chi connectivity index (χ0) is 17.2. The van der Waals surface area contributed by atoms with Crippen LogP contribution in [-0.2, 0) is 6.54 Å². The third-order valence-electron chi connectivity index (χ3n) is 4.67. The fourth-order valence-electron chi connectivity index (χ4n) is 3.34. The first-order valence-electron chi connectivity index (χ1n) is 8.55. The van der Waals surface area contributed by atoms with Gasteiger partial charge in [-0.1, -0.05) is 19.3 Å². The Morgan fingerprint density at radius 1 is 1.16 bits per heavy atom. The molecule has 25 heavy (non-hydrogen) atoms. The van der Waals surface area contributed by atoms with Crippen molar-refractivity contribution in [1.29, 1.82) is 0 Å². The molecule has 3 N–H and O–H groups in total. The van der Waals surface area contributed by atoms with Crippen LogP contribution in [0.3, 0.4) is 0 Å². The lowest BCUT2D eigenvalue weighted by molar-refractivity contribution is 0.437. The van der Waals surface area contributed by atoms with Crippen molar-refractivity contribution in [3.8, 4) is 0 Å². The van der Waals surface area contributed by atoms with E-state index in [1.54, 1.807) is 18.6 Å². The molecule has 1 fully saturated rings. The van der Waals surface area contributed by atoms with E-state index in [4.69, 9.17) is 10.7 Å². The Hall–Kier alpha value is -2.22. The van der Waals surface area contributed by atoms with Gasteiger partial charge < -0.3 is 11.1 Å². The molecule has 0 spiro atoms. The molecule has 0 bridgehead atoms. The predicted octanol–water partition coefficient (Wildman–Crippen LogP) is 3.52. The Balaban J connectivity index is 1.64. The van der Waals surface area contributed by atoms with Gasteiger partial charge in [-0.25, -0.2) is 15.0 Å². The molecule has 130 valence electrons. The quantitative estimate of drug-likeness (QED) is 0.694. The third-order valence-corrected chi connectivity index (χ3v) is 5.23. The van der Waals surface area contributed by atoms with Crippen LogP contribution < -0.4 is 11.1 Å². The van der Waals surface area contributed by atoms with E-state index in [0.717, 1.165) is 27.2 Å². The molecule has 1 saturated carbocycles. The maximum absolute atomic E-state index is 5.54. The van der Waals surface area contributed by atoms with Gasteiger partial charge in [0, 0.05) is 42.2 Å². The molecule has 0 aliphatic heterocycles. The third kappa shape index (κ3) is 3.44. The molecule has 1 aliphatic carbocycles. The summed E-state index contributed by atoms with van der Waals surface area (Å²) >= 11 is 3.56. The zero-order valence-electron chi connectivity index (χ0n) is 13.8. The second-order valence-electron chi connectivity index (χ2n) is 6.43. The second kappa shape index (κ2) is 6.95. The van der Waals surface area contributed by atoms with Crippen LogP contribution in [0.1, 0.15) is 49.3 Å². The van der Waals surface area contributed by atoms with Crippen molar-refractivity contribution in [1.82, 2.24) is 24.6 Å². The Morgan fingerprint density at radius 2 is 1.92 bits per heavy atom. The minimum Gasteiger partial charge on any atom is -0.368 e. The van der Waals surface area contributed by atoms with Crippen LogP contribution >= 0.6 is 15.9 Å². The van der Waals surface area contributed by atoms with E-state index in [-0.39, 0.29) is 5.95 Å². The van der Waals surface area contributed by atoms with Crippen LogP contribution in [0.2, 0.25) is 0 Å². The highest BCUT2D eigenvalue weighted by Gasteiger charge is 2.20. The van der Waals surface area contributed by atoms with E-state index in [2.05, 4.69) is 42.4 Å². The fraction of sp³-hybridized carbons (Fsp3) is 0.412. The number of anilines is 2. The maximum atomic E-state index is 5.54. The standard InChI is InChI=1S/C17H20BrN7/c18-13-10-23-25-15(20-7-11-8-21-17(19)22-9-11)6-14(24-16(13)25)12-4-2-1-3-5-12/h6,8-10,12,20H,1-5,7H2,(H2,19,21,22). The number of hydrogen-bond donors (Lipinski definition) is 2. The lowest BCUT2D eigenvalue weighted by atomic mass is 9.87. The van der Waals surface area contributed by atoms with Crippen molar-refractivity contribution in [2.45, 2.75) is 44.6 Å². The van der Waals surface area contributed by atoms with Gasteiger partial charge in [-0.2, -0.15) is 9.61 Å². The molecule has 0 aromatic carbocycles. The van der Waals surface area contributed by atoms with Crippen LogP contribution in [0.25, 0.3) is 5.65 Å². The summed E-state index contributed by atoms with van der Waals surface area (Å²) in [7, 11) is 0. The van der Waals surface area contributed by atoms with E-state index >= 15 is 0 Å². The first-order chi connectivity index (χ1) is 12.2. The molecule has 0 saturated heterocycles. The predicted molar refractivity (Wildman–Crippen MR) is 100 cm³/mol. The van der Waals surface area contributed by atoms with Crippen molar-refractivity contribution in [2.24, 2.45) is 0 Å². The monoisotopic (exact) mass is 401 g/mol. The Labute approximate surface area is 154 Å². The second-order valence-corrected chi connectivity index (χ2v) is 7.29. The Bertz CT molecular complexity index is 869. The lowest BCUT2D eigenvalue weighted by Crippen LogP contribution is -2.12. The number of nitrogens with one attached hydrogen (secondary N) is 1. The van der Waals surface area contributed by atoms with Gasteiger partial charge in [0.2, 0.25) is 5.95 Å². The molecule has 0 amide bonds. The van der Waals surface area contributed by atoms with Crippen LogP contribution in [0.15, 0.2) is 29.1 Å². The number of nitrogens with zero attached hydrogens (tertiary/aromatic N) is 5. The average molecular weight is 402 g/mol. The average Bonchev–Trinajstić information content (AvgIpc) is 3.03. The summed E-state index contributed by atoms with van der Waals surface area (Å²) in [5.41, 5.74) is 8.50. The lowest BCUT2D eigenvalue weighted by Gasteiger charge is -2.22. The number of hydrogen-bond acceptors (Lipinski definition) is 6. The van der Waals surface area contributed by atoms with Gasteiger partial charge in [-0.05, 0) is 28.8 Å². The van der Waals surface area contributed by atoms with Gasteiger partial charge in [-0.15, -0.1) is 0 Å². The van der Waals surface area contributed by atoms with Crippen molar-refractivity contribution in [3.05, 3.63) is 40.4 Å². The topological polar surface area (TPSA) is 94.0 Å². The number of rotatable bonds is 4. The summed E-state index contributed by atoms with van der Waals surface area (Å²) in [6, 6.07) is 2.13. The van der Waals surface area contributed by atoms with E-state index in [1.807, 2.05) is 4.52 Å². The first kappa shape index (κ1) is 16.3. The number of nitrogens with two attached hydrogens (primary N) is 1. The SMILES string of the molecule is Nc1ncc(CNc2cc(C3CCCCC3)nc3c(Br)cnn23)cn1. The van der Waals surface area contributed by atoms with Gasteiger partial charge in [0.15, 0.2) is 5.65 Å². The van der Waals surface area contributed by atoms with Gasteiger partial charge >= 0.3 is 0 Å². The Kier molecular flexibility index (Phi) is 4.52. The molecule has 3 heterocycles. The summed E-state index contributed by atoms with van der Waals surface area (Å²) in [6.07, 6.45) is 11.6. The molecular formula is C17H20BrN7. The van der Waals surface area contributed by atoms with Crippen LogP contribution in [0, 0.1) is 0 Å². The molecular weight excluding hydrogens is 382 g/mol. The minimum atomic E-state index is 0.283. The molecule has 7 nitrogen and oxygen atoms in total. The van der Waals surface area contributed by atoms with Crippen molar-refractivity contribution < 1.29 is 0 Å². The fourth-order valence-corrected chi connectivity index (χ4v) is 3.69. The number of halogens is 1. The Morgan fingerprint density at radius 3 is 2.68 bits per heavy atom. The number of nitrogen functional groups attached to an aromatic ring is 1. The number of aromatic nitrogens is 5. The van der Waals surface area contributed by atoms with E-state index < -0.39 is 0 Å². The number of fused-ring (bicyclic) bond motifs is 1. The maximum Gasteiger partial charge on any atom is 0.219 e. The van der Waals surface area contributed by atoms with Gasteiger partial charge in [-0.3, -0.25) is 0 Å². The van der Waals surface area contributed by atoms with Crippen molar-refractivity contribution in [3.63, 3.8) is 0 Å².